The molecule has 13 aromatic rings. The van der Waals surface area contributed by atoms with Crippen molar-refractivity contribution < 1.29 is 0 Å². The molecule has 5 aromatic heterocycles. The van der Waals surface area contributed by atoms with E-state index >= 15 is 0 Å². The lowest BCUT2D eigenvalue weighted by atomic mass is 9.97. The maximum absolute atomic E-state index is 5.42. The summed E-state index contributed by atoms with van der Waals surface area (Å²) in [6, 6.07) is 75.3. The van der Waals surface area contributed by atoms with Gasteiger partial charge >= 0.3 is 0 Å². The van der Waals surface area contributed by atoms with Crippen molar-refractivity contribution in [1.82, 2.24) is 24.0 Å². The van der Waals surface area contributed by atoms with Crippen LogP contribution in [0.4, 0.5) is 0 Å². The Bertz CT molecular complexity index is 3750. The quantitative estimate of drug-likeness (QED) is 0.169. The minimum atomic E-state index is 0.694. The van der Waals surface area contributed by atoms with Crippen LogP contribution < -0.4 is 0 Å². The normalized spacial score (nSPS) is 11.9. The zero-order valence-corrected chi connectivity index (χ0v) is 33.4. The second kappa shape index (κ2) is 13.6. The molecule has 288 valence electrons. The van der Waals surface area contributed by atoms with E-state index in [2.05, 4.69) is 215 Å². The predicted octanol–water partition coefficient (Wildman–Crippen LogP) is 14.4. The zero-order chi connectivity index (χ0) is 40.7. The number of nitrogens with zero attached hydrogens (tertiary/aromatic N) is 5. The number of pyridine rings is 1. The van der Waals surface area contributed by atoms with E-state index in [0.717, 1.165) is 78.0 Å². The maximum Gasteiger partial charge on any atom is 0.160 e. The lowest BCUT2D eigenvalue weighted by molar-refractivity contribution is 0.979. The van der Waals surface area contributed by atoms with Crippen LogP contribution in [0.2, 0.25) is 0 Å². The molecule has 0 bridgehead atoms. The smallest absolute Gasteiger partial charge is 0.160 e. The van der Waals surface area contributed by atoms with E-state index in [1.165, 1.54) is 38.1 Å². The second-order valence-corrected chi connectivity index (χ2v) is 16.0. The highest BCUT2D eigenvalue weighted by Crippen LogP contribution is 2.43. The lowest BCUT2D eigenvalue weighted by Gasteiger charge is -2.12. The Balaban J connectivity index is 0.997. The molecule has 0 N–H and O–H groups in total. The first-order valence-corrected chi connectivity index (χ1v) is 21.0. The highest BCUT2D eigenvalue weighted by atomic mass is 15.2. The van der Waals surface area contributed by atoms with Crippen LogP contribution in [0.1, 0.15) is 0 Å². The average molecular weight is 790 g/mol. The molecule has 0 aliphatic rings. The van der Waals surface area contributed by atoms with E-state index in [1.807, 2.05) is 6.07 Å². The van der Waals surface area contributed by atoms with Gasteiger partial charge in [-0.05, 0) is 47.3 Å². The molecule has 0 amide bonds. The van der Waals surface area contributed by atoms with Crippen molar-refractivity contribution in [2.24, 2.45) is 0 Å². The molecule has 0 radical (unpaired) electrons. The number of fused-ring (bicyclic) bond motifs is 9. The van der Waals surface area contributed by atoms with Crippen molar-refractivity contribution in [2.75, 3.05) is 0 Å². The largest absolute Gasteiger partial charge is 0.308 e. The number of rotatable bonds is 6. The van der Waals surface area contributed by atoms with Crippen LogP contribution >= 0.6 is 0 Å². The summed E-state index contributed by atoms with van der Waals surface area (Å²) >= 11 is 0. The second-order valence-electron chi connectivity index (χ2n) is 16.0. The molecule has 0 spiro atoms. The lowest BCUT2D eigenvalue weighted by Crippen LogP contribution is -1.97. The van der Waals surface area contributed by atoms with Gasteiger partial charge in [-0.1, -0.05) is 176 Å². The Kier molecular flexibility index (Phi) is 7.54. The number of benzene rings is 8. The third-order valence-electron chi connectivity index (χ3n) is 12.5. The van der Waals surface area contributed by atoms with Crippen molar-refractivity contribution in [3.05, 3.63) is 212 Å². The van der Waals surface area contributed by atoms with Crippen molar-refractivity contribution in [3.63, 3.8) is 0 Å². The number of para-hydroxylation sites is 2. The Morgan fingerprint density at radius 2 is 0.839 bits per heavy atom. The van der Waals surface area contributed by atoms with Gasteiger partial charge in [-0.25, -0.2) is 14.5 Å². The average Bonchev–Trinajstić information content (AvgIpc) is 4.03. The molecule has 62 heavy (non-hydrogen) atoms. The maximum atomic E-state index is 5.42. The van der Waals surface area contributed by atoms with E-state index in [0.29, 0.717) is 5.82 Å². The van der Waals surface area contributed by atoms with Gasteiger partial charge in [0.15, 0.2) is 5.82 Å². The molecular formula is C57H35N5. The summed E-state index contributed by atoms with van der Waals surface area (Å²) in [5.41, 5.74) is 15.9. The third kappa shape index (κ3) is 5.25. The molecule has 5 heterocycles. The van der Waals surface area contributed by atoms with Crippen LogP contribution in [-0.4, -0.2) is 24.0 Å². The van der Waals surface area contributed by atoms with Gasteiger partial charge in [0.25, 0.3) is 0 Å². The van der Waals surface area contributed by atoms with Gasteiger partial charge in [0, 0.05) is 60.3 Å². The molecule has 0 aliphatic heterocycles. The molecule has 8 aromatic carbocycles. The first-order chi connectivity index (χ1) is 30.7. The minimum absolute atomic E-state index is 0.694. The van der Waals surface area contributed by atoms with Crippen LogP contribution in [0.25, 0.3) is 122 Å². The van der Waals surface area contributed by atoms with E-state index < -0.39 is 0 Å². The highest BCUT2D eigenvalue weighted by Gasteiger charge is 2.23. The van der Waals surface area contributed by atoms with Gasteiger partial charge in [0.1, 0.15) is 5.69 Å². The molecule has 5 heteroatoms. The van der Waals surface area contributed by atoms with E-state index in [-0.39, 0.29) is 0 Å². The fourth-order valence-electron chi connectivity index (χ4n) is 9.64. The van der Waals surface area contributed by atoms with Gasteiger partial charge in [-0.3, -0.25) is 0 Å². The van der Waals surface area contributed by atoms with Gasteiger partial charge in [-0.2, -0.15) is 5.10 Å². The number of hydrogen-bond donors (Lipinski definition) is 0. The van der Waals surface area contributed by atoms with Crippen LogP contribution in [0, 0.1) is 0 Å². The standard InChI is InChI=1S/C57H35N5/c1-4-16-36(17-5-1)48-35-49(59-57(58-48)42-32-46-44-24-12-14-26-50(44)61-51-27-15-13-25-45(51)47(33-42)55(46)61)37-28-30-38(31-29-37)52-34-41-22-10-11-23-43(41)56-53(39-18-6-2-7-19-39)54(60-62(52)56)40-20-8-3-9-21-40/h1-35H. The van der Waals surface area contributed by atoms with Gasteiger partial charge < -0.3 is 4.40 Å². The topological polar surface area (TPSA) is 47.5 Å². The first kappa shape index (κ1) is 34.5. The summed E-state index contributed by atoms with van der Waals surface area (Å²) in [4.78, 5) is 10.6. The Morgan fingerprint density at radius 1 is 0.339 bits per heavy atom. The first-order valence-electron chi connectivity index (χ1n) is 21.0. The van der Waals surface area contributed by atoms with Crippen LogP contribution in [0.5, 0.6) is 0 Å². The molecule has 13 rings (SSSR count). The summed E-state index contributed by atoms with van der Waals surface area (Å²) in [5, 5.41) is 12.6. The monoisotopic (exact) mass is 789 g/mol. The molecular weight excluding hydrogens is 755 g/mol. The molecule has 0 aliphatic carbocycles. The molecule has 0 unspecified atom stereocenters. The van der Waals surface area contributed by atoms with Crippen LogP contribution in [-0.2, 0) is 0 Å². The summed E-state index contributed by atoms with van der Waals surface area (Å²) in [7, 11) is 0. The van der Waals surface area contributed by atoms with Crippen molar-refractivity contribution in [3.8, 4) is 67.5 Å². The minimum Gasteiger partial charge on any atom is -0.308 e. The van der Waals surface area contributed by atoms with Crippen molar-refractivity contribution in [1.29, 1.82) is 0 Å². The molecule has 0 saturated heterocycles. The Hall–Kier alpha value is -8.41. The summed E-state index contributed by atoms with van der Waals surface area (Å²) in [6.07, 6.45) is 0. The SMILES string of the molecule is c1ccc(-c2cc(-c3ccc(-c4cc5ccccc5c5c(-c6ccccc6)c(-c6ccccc6)nn45)cc3)nc(-c3cc4c5ccccc5n5c6ccccc6c(c3)c45)n2)cc1. The fraction of sp³-hybridized carbons (Fsp3) is 0. The van der Waals surface area contributed by atoms with E-state index in [4.69, 9.17) is 15.1 Å². The number of hydrogen-bond acceptors (Lipinski definition) is 3. The van der Waals surface area contributed by atoms with Crippen molar-refractivity contribution in [2.45, 2.75) is 0 Å². The number of aromatic nitrogens is 5. The zero-order valence-electron chi connectivity index (χ0n) is 33.4. The summed E-state index contributed by atoms with van der Waals surface area (Å²) in [6.45, 7) is 0. The Morgan fingerprint density at radius 3 is 1.47 bits per heavy atom. The molecule has 0 saturated carbocycles. The van der Waals surface area contributed by atoms with Gasteiger partial charge in [0.05, 0.1) is 39.1 Å². The van der Waals surface area contributed by atoms with Crippen molar-refractivity contribution >= 4 is 54.4 Å². The Labute approximate surface area is 356 Å². The van der Waals surface area contributed by atoms with E-state index in [1.54, 1.807) is 0 Å². The predicted molar refractivity (Wildman–Crippen MR) is 256 cm³/mol. The fourth-order valence-corrected chi connectivity index (χ4v) is 9.64. The van der Waals surface area contributed by atoms with Crippen LogP contribution in [0.15, 0.2) is 212 Å². The highest BCUT2D eigenvalue weighted by molar-refractivity contribution is 6.24. The van der Waals surface area contributed by atoms with Gasteiger partial charge in [0.2, 0.25) is 0 Å². The third-order valence-corrected chi connectivity index (χ3v) is 12.5. The molecule has 0 fully saturated rings. The van der Waals surface area contributed by atoms with E-state index in [9.17, 15) is 0 Å². The molecule has 0 atom stereocenters. The van der Waals surface area contributed by atoms with Gasteiger partial charge in [-0.15, -0.1) is 0 Å². The van der Waals surface area contributed by atoms with Crippen LogP contribution in [0.3, 0.4) is 0 Å². The summed E-state index contributed by atoms with van der Waals surface area (Å²) in [5.74, 6) is 0.694. The molecule has 5 nitrogen and oxygen atoms in total. The summed E-state index contributed by atoms with van der Waals surface area (Å²) < 4.78 is 4.55.